The molecule has 5 N–H and O–H groups in total. The molecule has 1 aromatic carbocycles. The van der Waals surface area contributed by atoms with Crippen LogP contribution in [-0.2, 0) is 6.42 Å². The molecule has 0 radical (unpaired) electrons. The van der Waals surface area contributed by atoms with Crippen LogP contribution in [0.15, 0.2) is 29.6 Å². The van der Waals surface area contributed by atoms with Crippen molar-refractivity contribution in [1.82, 2.24) is 4.98 Å². The number of nitrogens with one attached hydrogen (secondary N) is 2. The van der Waals surface area contributed by atoms with Gasteiger partial charge < -0.3 is 25.6 Å². The molecular formula is C17H22N2O3. The Hall–Kier alpha value is -1.82. The van der Waals surface area contributed by atoms with Crippen LogP contribution >= 0.6 is 0 Å². The van der Waals surface area contributed by atoms with Crippen LogP contribution in [0, 0.1) is 6.92 Å². The minimum absolute atomic E-state index is 0.180. The van der Waals surface area contributed by atoms with Crippen molar-refractivity contribution in [3.8, 4) is 0 Å². The van der Waals surface area contributed by atoms with Crippen LogP contribution in [0.5, 0.6) is 0 Å². The zero-order chi connectivity index (χ0) is 15.9. The smallest absolute Gasteiger partial charge is 0.123 e. The number of rotatable bonds is 5. The van der Waals surface area contributed by atoms with Crippen molar-refractivity contribution in [3.63, 3.8) is 0 Å². The zero-order valence-electron chi connectivity index (χ0n) is 12.8. The van der Waals surface area contributed by atoms with E-state index >= 15 is 0 Å². The minimum Gasteiger partial charge on any atom is -0.396 e. The first-order valence-electron chi connectivity index (χ1n) is 7.58. The number of anilines is 1. The molecule has 0 saturated heterocycles. The van der Waals surface area contributed by atoms with Gasteiger partial charge in [-0.15, -0.1) is 0 Å². The lowest BCUT2D eigenvalue weighted by Crippen LogP contribution is -2.42. The molecule has 1 aliphatic rings. The maximum Gasteiger partial charge on any atom is 0.123 e. The van der Waals surface area contributed by atoms with Gasteiger partial charge in [0.25, 0.3) is 0 Å². The van der Waals surface area contributed by atoms with Crippen molar-refractivity contribution >= 4 is 16.6 Å². The molecular weight excluding hydrogens is 280 g/mol. The first kappa shape index (κ1) is 15.1. The van der Waals surface area contributed by atoms with E-state index < -0.39 is 12.2 Å². The Bertz CT molecular complexity index is 733. The summed E-state index contributed by atoms with van der Waals surface area (Å²) in [7, 11) is 0. The third-order valence-electron chi connectivity index (χ3n) is 4.52. The lowest BCUT2D eigenvalue weighted by atomic mass is 9.88. The van der Waals surface area contributed by atoms with Gasteiger partial charge in [0, 0.05) is 35.1 Å². The minimum atomic E-state index is -0.838. The summed E-state index contributed by atoms with van der Waals surface area (Å²) in [5.74, 6) is 0. The van der Waals surface area contributed by atoms with E-state index in [1.807, 2.05) is 32.2 Å². The summed E-state index contributed by atoms with van der Waals surface area (Å²) in [6, 6.07) is 3.98. The fourth-order valence-electron chi connectivity index (χ4n) is 3.09. The highest BCUT2D eigenvalue weighted by atomic mass is 16.3. The molecule has 0 aliphatic heterocycles. The number of hydrogen-bond acceptors (Lipinski definition) is 4. The molecule has 0 amide bonds. The Morgan fingerprint density at radius 2 is 1.95 bits per heavy atom. The lowest BCUT2D eigenvalue weighted by Gasteiger charge is -2.34. The van der Waals surface area contributed by atoms with E-state index in [-0.39, 0.29) is 6.61 Å². The Kier molecular flexibility index (Phi) is 3.95. The van der Waals surface area contributed by atoms with Gasteiger partial charge >= 0.3 is 0 Å². The third-order valence-corrected chi connectivity index (χ3v) is 4.52. The fraction of sp³-hybridized carbons (Fsp3) is 0.412. The first-order chi connectivity index (χ1) is 10.5. The number of hydrogen-bond donors (Lipinski definition) is 5. The molecule has 118 valence electrons. The second kappa shape index (κ2) is 5.76. The predicted octanol–water partition coefficient (Wildman–Crippen LogP) is 1.82. The summed E-state index contributed by atoms with van der Waals surface area (Å²) in [5, 5.41) is 32.9. The number of fused-ring (bicyclic) bond motifs is 1. The first-order valence-corrected chi connectivity index (χ1v) is 7.58. The molecule has 2 aromatic rings. The number of aliphatic hydroxyl groups is 3. The molecule has 1 heterocycles. The molecule has 5 heteroatoms. The molecule has 2 unspecified atom stereocenters. The summed E-state index contributed by atoms with van der Waals surface area (Å²) in [4.78, 5) is 3.26. The second-order valence-corrected chi connectivity index (χ2v) is 5.91. The summed E-state index contributed by atoms with van der Waals surface area (Å²) >= 11 is 0. The Labute approximate surface area is 129 Å². The molecule has 2 atom stereocenters. The lowest BCUT2D eigenvalue weighted by molar-refractivity contribution is 0.0387. The van der Waals surface area contributed by atoms with E-state index in [4.69, 9.17) is 5.11 Å². The van der Waals surface area contributed by atoms with Crippen molar-refractivity contribution in [3.05, 3.63) is 40.7 Å². The SMILES string of the molecule is CC1=C(Nc2ccc3[nH]cc(CCCO)c3c2C)C(O)C1O. The average Bonchev–Trinajstić information content (AvgIpc) is 2.95. The van der Waals surface area contributed by atoms with Gasteiger partial charge in [-0.1, -0.05) is 0 Å². The number of benzene rings is 1. The van der Waals surface area contributed by atoms with Crippen LogP contribution in [0.3, 0.4) is 0 Å². The Morgan fingerprint density at radius 3 is 2.64 bits per heavy atom. The van der Waals surface area contributed by atoms with Crippen LogP contribution < -0.4 is 5.32 Å². The molecule has 0 spiro atoms. The molecule has 5 nitrogen and oxygen atoms in total. The van der Waals surface area contributed by atoms with Crippen molar-refractivity contribution in [2.45, 2.75) is 38.9 Å². The van der Waals surface area contributed by atoms with Crippen LogP contribution in [0.25, 0.3) is 10.9 Å². The second-order valence-electron chi connectivity index (χ2n) is 5.91. The molecule has 0 bridgehead atoms. The number of aromatic nitrogens is 1. The summed E-state index contributed by atoms with van der Waals surface area (Å²) in [6.07, 6.45) is 1.95. The third kappa shape index (κ3) is 2.31. The quantitative estimate of drug-likeness (QED) is 0.583. The Morgan fingerprint density at radius 1 is 1.18 bits per heavy atom. The number of aryl methyl sites for hydroxylation is 2. The zero-order valence-corrected chi connectivity index (χ0v) is 12.8. The summed E-state index contributed by atoms with van der Waals surface area (Å²) in [6.45, 7) is 4.04. The molecule has 0 saturated carbocycles. The topological polar surface area (TPSA) is 88.5 Å². The van der Waals surface area contributed by atoms with Gasteiger partial charge in [0.05, 0.1) is 0 Å². The van der Waals surface area contributed by atoms with Crippen molar-refractivity contribution < 1.29 is 15.3 Å². The van der Waals surface area contributed by atoms with Gasteiger partial charge in [0.15, 0.2) is 0 Å². The predicted molar refractivity (Wildman–Crippen MR) is 86.8 cm³/mol. The maximum atomic E-state index is 9.84. The molecule has 3 rings (SSSR count). The van der Waals surface area contributed by atoms with Crippen LogP contribution in [-0.4, -0.2) is 39.1 Å². The highest BCUT2D eigenvalue weighted by Gasteiger charge is 2.35. The molecule has 0 fully saturated rings. The van der Waals surface area contributed by atoms with Crippen LogP contribution in [0.1, 0.15) is 24.5 Å². The van der Waals surface area contributed by atoms with Gasteiger partial charge in [-0.05, 0) is 55.5 Å². The monoisotopic (exact) mass is 302 g/mol. The van der Waals surface area contributed by atoms with Crippen molar-refractivity contribution in [1.29, 1.82) is 0 Å². The molecule has 1 aliphatic carbocycles. The van der Waals surface area contributed by atoms with Gasteiger partial charge in [-0.2, -0.15) is 0 Å². The van der Waals surface area contributed by atoms with E-state index in [1.165, 1.54) is 5.56 Å². The van der Waals surface area contributed by atoms with Crippen LogP contribution in [0.4, 0.5) is 5.69 Å². The van der Waals surface area contributed by atoms with Crippen molar-refractivity contribution in [2.75, 3.05) is 11.9 Å². The van der Waals surface area contributed by atoms with E-state index in [0.717, 1.165) is 40.6 Å². The maximum absolute atomic E-state index is 9.84. The van der Waals surface area contributed by atoms with E-state index in [9.17, 15) is 10.2 Å². The number of aromatic amines is 1. The van der Waals surface area contributed by atoms with Gasteiger partial charge in [0.1, 0.15) is 12.2 Å². The van der Waals surface area contributed by atoms with Gasteiger partial charge in [0.2, 0.25) is 0 Å². The Balaban J connectivity index is 1.96. The molecule has 1 aromatic heterocycles. The van der Waals surface area contributed by atoms with Gasteiger partial charge in [-0.3, -0.25) is 0 Å². The molecule has 22 heavy (non-hydrogen) atoms. The van der Waals surface area contributed by atoms with Gasteiger partial charge in [-0.25, -0.2) is 0 Å². The van der Waals surface area contributed by atoms with Crippen LogP contribution in [0.2, 0.25) is 0 Å². The highest BCUT2D eigenvalue weighted by Crippen LogP contribution is 2.34. The normalized spacial score (nSPS) is 21.3. The fourth-order valence-corrected chi connectivity index (χ4v) is 3.09. The summed E-state index contributed by atoms with van der Waals surface area (Å²) < 4.78 is 0. The highest BCUT2D eigenvalue weighted by molar-refractivity contribution is 5.91. The van der Waals surface area contributed by atoms with E-state index in [2.05, 4.69) is 10.3 Å². The van der Waals surface area contributed by atoms with Crippen molar-refractivity contribution in [2.24, 2.45) is 0 Å². The van der Waals surface area contributed by atoms with E-state index in [1.54, 1.807) is 0 Å². The average molecular weight is 302 g/mol. The number of H-pyrrole nitrogens is 1. The summed E-state index contributed by atoms with van der Waals surface area (Å²) in [5.41, 5.74) is 5.74. The largest absolute Gasteiger partial charge is 0.396 e. The standard InChI is InChI=1S/C17H22N2O3/c1-9-12(19-15-10(2)16(21)17(15)22)5-6-13-14(9)11(8-18-13)4-3-7-20/h5-6,8,16-22H,3-4,7H2,1-2H3. The van der Waals surface area contributed by atoms with E-state index in [0.29, 0.717) is 5.70 Å². The number of aliphatic hydroxyl groups excluding tert-OH is 3.